The maximum atomic E-state index is 12.4. The number of likely N-dealkylation sites (N-methyl/N-ethyl adjacent to an activating group) is 1. The SMILES string of the molecule is CN1CCN(C(=O)CCNC(=O)NC23CC4CC(CC(C4)C2)C3)CC1. The van der Waals surface area contributed by atoms with Crippen LogP contribution in [0.5, 0.6) is 0 Å². The molecule has 4 saturated carbocycles. The molecule has 3 amide bonds. The highest BCUT2D eigenvalue weighted by Crippen LogP contribution is 2.55. The Morgan fingerprint density at radius 3 is 2.08 bits per heavy atom. The fraction of sp³-hybridized carbons (Fsp3) is 0.895. The molecule has 0 aromatic carbocycles. The lowest BCUT2D eigenvalue weighted by Crippen LogP contribution is -2.61. The quantitative estimate of drug-likeness (QED) is 0.808. The Kier molecular flexibility index (Phi) is 4.65. The van der Waals surface area contributed by atoms with Crippen LogP contribution in [0.15, 0.2) is 0 Å². The molecule has 0 aromatic heterocycles. The van der Waals surface area contributed by atoms with Gasteiger partial charge in [-0.2, -0.15) is 0 Å². The third-order valence-electron chi connectivity index (χ3n) is 6.90. The molecule has 5 aliphatic rings. The minimum atomic E-state index is -0.0758. The van der Waals surface area contributed by atoms with Crippen LogP contribution in [0.3, 0.4) is 0 Å². The molecule has 0 unspecified atom stereocenters. The molecule has 5 rings (SSSR count). The summed E-state index contributed by atoms with van der Waals surface area (Å²) in [5.41, 5.74) is 0.0420. The summed E-state index contributed by atoms with van der Waals surface area (Å²) in [5, 5.41) is 6.23. The van der Waals surface area contributed by atoms with Crippen LogP contribution in [0.1, 0.15) is 44.9 Å². The van der Waals surface area contributed by atoms with E-state index in [1.165, 1.54) is 19.3 Å². The molecule has 1 saturated heterocycles. The van der Waals surface area contributed by atoms with E-state index >= 15 is 0 Å². The first-order valence-electron chi connectivity index (χ1n) is 10.0. The van der Waals surface area contributed by atoms with Crippen molar-refractivity contribution >= 4 is 11.9 Å². The van der Waals surface area contributed by atoms with Crippen LogP contribution < -0.4 is 10.6 Å². The third kappa shape index (κ3) is 3.78. The predicted molar refractivity (Wildman–Crippen MR) is 96.1 cm³/mol. The summed E-state index contributed by atoms with van der Waals surface area (Å²) in [5.74, 6) is 2.63. The minimum Gasteiger partial charge on any atom is -0.340 e. The molecule has 0 radical (unpaired) electrons. The maximum Gasteiger partial charge on any atom is 0.315 e. The second-order valence-corrected chi connectivity index (χ2v) is 9.01. The summed E-state index contributed by atoms with van der Waals surface area (Å²) in [4.78, 5) is 28.8. The zero-order valence-corrected chi connectivity index (χ0v) is 15.4. The lowest BCUT2D eigenvalue weighted by Gasteiger charge is -2.56. The topological polar surface area (TPSA) is 64.7 Å². The Bertz CT molecular complexity index is 492. The van der Waals surface area contributed by atoms with Crippen LogP contribution in [-0.4, -0.2) is 67.0 Å². The summed E-state index contributed by atoms with van der Waals surface area (Å²) in [7, 11) is 2.08. The van der Waals surface area contributed by atoms with Crippen molar-refractivity contribution in [2.24, 2.45) is 17.8 Å². The van der Waals surface area contributed by atoms with Crippen molar-refractivity contribution in [1.29, 1.82) is 0 Å². The number of piperazine rings is 1. The molecule has 6 nitrogen and oxygen atoms in total. The number of carbonyl (C=O) groups is 2. The van der Waals surface area contributed by atoms with Gasteiger partial charge in [-0.1, -0.05) is 0 Å². The van der Waals surface area contributed by atoms with Crippen LogP contribution in [-0.2, 0) is 4.79 Å². The average molecular weight is 348 g/mol. The Morgan fingerprint density at radius 2 is 1.52 bits per heavy atom. The normalized spacial score (nSPS) is 37.2. The van der Waals surface area contributed by atoms with Crippen LogP contribution in [0, 0.1) is 17.8 Å². The number of hydrogen-bond acceptors (Lipinski definition) is 3. The second-order valence-electron chi connectivity index (χ2n) is 9.01. The van der Waals surface area contributed by atoms with E-state index in [9.17, 15) is 9.59 Å². The molecular formula is C19H32N4O2. The number of nitrogens with one attached hydrogen (secondary N) is 2. The zero-order chi connectivity index (χ0) is 17.4. The van der Waals surface area contributed by atoms with Gasteiger partial charge in [0.2, 0.25) is 5.91 Å². The summed E-state index contributed by atoms with van der Waals surface area (Å²) in [6.07, 6.45) is 8.01. The first kappa shape index (κ1) is 17.1. The highest BCUT2D eigenvalue weighted by atomic mass is 16.2. The van der Waals surface area contributed by atoms with Gasteiger partial charge in [0.15, 0.2) is 0 Å². The van der Waals surface area contributed by atoms with E-state index in [0.717, 1.165) is 63.2 Å². The molecule has 140 valence electrons. The van der Waals surface area contributed by atoms with Gasteiger partial charge in [0.05, 0.1) is 0 Å². The summed E-state index contributed by atoms with van der Waals surface area (Å²) < 4.78 is 0. The molecule has 0 aromatic rings. The van der Waals surface area contributed by atoms with E-state index in [1.807, 2.05) is 4.90 Å². The van der Waals surface area contributed by atoms with Crippen LogP contribution in [0.4, 0.5) is 4.79 Å². The molecule has 4 bridgehead atoms. The number of nitrogens with zero attached hydrogens (tertiary/aromatic N) is 2. The first-order chi connectivity index (χ1) is 12.0. The van der Waals surface area contributed by atoms with E-state index in [2.05, 4.69) is 22.6 Å². The summed E-state index contributed by atoms with van der Waals surface area (Å²) >= 11 is 0. The molecule has 4 aliphatic carbocycles. The third-order valence-corrected chi connectivity index (χ3v) is 6.90. The molecular weight excluding hydrogens is 316 g/mol. The fourth-order valence-electron chi connectivity index (χ4n) is 6.05. The minimum absolute atomic E-state index is 0.0420. The van der Waals surface area contributed by atoms with Gasteiger partial charge in [0.25, 0.3) is 0 Å². The van der Waals surface area contributed by atoms with Crippen LogP contribution in [0.25, 0.3) is 0 Å². The number of carbonyl (C=O) groups excluding carboxylic acids is 2. The zero-order valence-electron chi connectivity index (χ0n) is 15.4. The molecule has 0 spiro atoms. The Hall–Kier alpha value is -1.30. The van der Waals surface area contributed by atoms with Gasteiger partial charge in [-0.25, -0.2) is 4.79 Å². The molecule has 6 heteroatoms. The highest BCUT2D eigenvalue weighted by Gasteiger charge is 2.51. The van der Waals surface area contributed by atoms with Crippen molar-refractivity contribution in [2.45, 2.75) is 50.5 Å². The maximum absolute atomic E-state index is 12.4. The largest absolute Gasteiger partial charge is 0.340 e. The van der Waals surface area contributed by atoms with Crippen molar-refractivity contribution in [3.05, 3.63) is 0 Å². The van der Waals surface area contributed by atoms with Gasteiger partial charge in [0, 0.05) is 44.7 Å². The lowest BCUT2D eigenvalue weighted by molar-refractivity contribution is -0.132. The number of rotatable bonds is 4. The van der Waals surface area contributed by atoms with E-state index < -0.39 is 0 Å². The molecule has 5 fully saturated rings. The van der Waals surface area contributed by atoms with Gasteiger partial charge in [-0.3, -0.25) is 4.79 Å². The van der Waals surface area contributed by atoms with Gasteiger partial charge < -0.3 is 20.4 Å². The van der Waals surface area contributed by atoms with E-state index in [-0.39, 0.29) is 17.5 Å². The lowest BCUT2D eigenvalue weighted by atomic mass is 9.53. The summed E-state index contributed by atoms with van der Waals surface area (Å²) in [6.45, 7) is 3.91. The van der Waals surface area contributed by atoms with E-state index in [0.29, 0.717) is 13.0 Å². The van der Waals surface area contributed by atoms with Gasteiger partial charge >= 0.3 is 6.03 Å². The Morgan fingerprint density at radius 1 is 0.960 bits per heavy atom. The molecule has 25 heavy (non-hydrogen) atoms. The van der Waals surface area contributed by atoms with E-state index in [4.69, 9.17) is 0 Å². The van der Waals surface area contributed by atoms with E-state index in [1.54, 1.807) is 0 Å². The van der Waals surface area contributed by atoms with Crippen molar-refractivity contribution in [1.82, 2.24) is 20.4 Å². The monoisotopic (exact) mass is 348 g/mol. The molecule has 1 heterocycles. The van der Waals surface area contributed by atoms with Crippen LogP contribution >= 0.6 is 0 Å². The second kappa shape index (κ2) is 6.78. The molecule has 1 aliphatic heterocycles. The van der Waals surface area contributed by atoms with Crippen molar-refractivity contribution in [3.8, 4) is 0 Å². The van der Waals surface area contributed by atoms with Gasteiger partial charge in [-0.05, 0) is 63.3 Å². The number of amides is 3. The van der Waals surface area contributed by atoms with Gasteiger partial charge in [0.1, 0.15) is 0 Å². The Balaban J connectivity index is 1.20. The highest BCUT2D eigenvalue weighted by molar-refractivity contribution is 5.78. The summed E-state index contributed by atoms with van der Waals surface area (Å²) in [6, 6.07) is -0.0758. The fourth-order valence-corrected chi connectivity index (χ4v) is 6.05. The molecule has 0 atom stereocenters. The van der Waals surface area contributed by atoms with Gasteiger partial charge in [-0.15, -0.1) is 0 Å². The standard InChI is InChI=1S/C19H32N4O2/c1-22-4-6-23(7-5-22)17(24)2-3-20-18(25)21-19-11-14-8-15(12-19)10-16(9-14)13-19/h14-16H,2-13H2,1H3,(H2,20,21,25). The van der Waals surface area contributed by atoms with Crippen molar-refractivity contribution < 1.29 is 9.59 Å². The van der Waals surface area contributed by atoms with Crippen molar-refractivity contribution in [3.63, 3.8) is 0 Å². The smallest absolute Gasteiger partial charge is 0.315 e. The van der Waals surface area contributed by atoms with Crippen molar-refractivity contribution in [2.75, 3.05) is 39.8 Å². The average Bonchev–Trinajstić information content (AvgIpc) is 2.53. The van der Waals surface area contributed by atoms with Crippen LogP contribution in [0.2, 0.25) is 0 Å². The number of hydrogen-bond donors (Lipinski definition) is 2. The Labute approximate surface area is 150 Å². The number of urea groups is 1. The molecule has 2 N–H and O–H groups in total. The predicted octanol–water partition coefficient (Wildman–Crippen LogP) is 1.42. The first-order valence-corrected chi connectivity index (χ1v) is 10.0.